The summed E-state index contributed by atoms with van der Waals surface area (Å²) in [6.07, 6.45) is 1.46. The van der Waals surface area contributed by atoms with Crippen molar-refractivity contribution < 1.29 is 14.6 Å². The third kappa shape index (κ3) is 4.58. The second-order valence-electron chi connectivity index (χ2n) is 3.53. The smallest absolute Gasteiger partial charge is 0.323 e. The average Bonchev–Trinajstić information content (AvgIpc) is 2.13. The van der Waals surface area contributed by atoms with Gasteiger partial charge in [-0.2, -0.15) is 0 Å². The molecule has 0 spiro atoms. The third-order valence-corrected chi connectivity index (χ3v) is 2.13. The Hall–Kier alpha value is -0.610. The minimum Gasteiger partial charge on any atom is -0.480 e. The molecule has 0 aromatic carbocycles. The molecule has 1 unspecified atom stereocenters. The Balaban J connectivity index is 3.90. The van der Waals surface area contributed by atoms with Crippen LogP contribution in [-0.2, 0) is 9.53 Å². The van der Waals surface area contributed by atoms with Crippen LogP contribution in [0.1, 0.15) is 33.6 Å². The lowest BCUT2D eigenvalue weighted by Gasteiger charge is -2.25. The van der Waals surface area contributed by atoms with Crippen molar-refractivity contribution in [1.29, 1.82) is 0 Å². The Kier molecular flexibility index (Phi) is 6.49. The van der Waals surface area contributed by atoms with E-state index < -0.39 is 11.5 Å². The van der Waals surface area contributed by atoms with Crippen LogP contribution in [0.3, 0.4) is 0 Å². The van der Waals surface area contributed by atoms with Gasteiger partial charge >= 0.3 is 5.97 Å². The molecule has 0 aromatic rings. The van der Waals surface area contributed by atoms with E-state index in [-0.39, 0.29) is 0 Å². The van der Waals surface area contributed by atoms with Crippen LogP contribution >= 0.6 is 0 Å². The number of nitrogens with one attached hydrogen (secondary N) is 1. The zero-order valence-corrected chi connectivity index (χ0v) is 9.30. The van der Waals surface area contributed by atoms with Gasteiger partial charge in [0, 0.05) is 13.2 Å². The van der Waals surface area contributed by atoms with E-state index in [1.54, 1.807) is 6.92 Å². The van der Waals surface area contributed by atoms with E-state index in [2.05, 4.69) is 5.32 Å². The molecule has 4 heteroatoms. The maximum atomic E-state index is 11.0. The van der Waals surface area contributed by atoms with Crippen LogP contribution in [0.25, 0.3) is 0 Å². The molecule has 0 aliphatic rings. The molecule has 0 saturated heterocycles. The fourth-order valence-electron chi connectivity index (χ4n) is 1.18. The normalized spacial score (nSPS) is 15.1. The first-order valence-corrected chi connectivity index (χ1v) is 5.13. The summed E-state index contributed by atoms with van der Waals surface area (Å²) >= 11 is 0. The van der Waals surface area contributed by atoms with E-state index in [0.29, 0.717) is 26.2 Å². The molecule has 84 valence electrons. The number of ether oxygens (including phenoxy) is 1. The van der Waals surface area contributed by atoms with Gasteiger partial charge in [0.15, 0.2) is 0 Å². The van der Waals surface area contributed by atoms with Crippen molar-refractivity contribution in [2.45, 2.75) is 39.2 Å². The first-order valence-electron chi connectivity index (χ1n) is 5.13. The standard InChI is InChI=1S/C10H21NO3/c1-4-7-14-8-6-10(3,9(12)13)11-5-2/h11H,4-8H2,1-3H3,(H,12,13). The monoisotopic (exact) mass is 203 g/mol. The molecular formula is C10H21NO3. The maximum absolute atomic E-state index is 11.0. The van der Waals surface area contributed by atoms with Gasteiger partial charge < -0.3 is 15.2 Å². The molecule has 0 aromatic heterocycles. The van der Waals surface area contributed by atoms with E-state index in [9.17, 15) is 4.79 Å². The Morgan fingerprint density at radius 3 is 2.50 bits per heavy atom. The van der Waals surface area contributed by atoms with Crippen molar-refractivity contribution in [1.82, 2.24) is 5.32 Å². The highest BCUT2D eigenvalue weighted by Gasteiger charge is 2.31. The van der Waals surface area contributed by atoms with E-state index >= 15 is 0 Å². The highest BCUT2D eigenvalue weighted by molar-refractivity contribution is 5.78. The van der Waals surface area contributed by atoms with Gasteiger partial charge in [-0.25, -0.2) is 0 Å². The number of aliphatic carboxylic acids is 1. The predicted octanol–water partition coefficient (Wildman–Crippen LogP) is 1.26. The first kappa shape index (κ1) is 13.4. The topological polar surface area (TPSA) is 58.6 Å². The number of carboxylic acid groups (broad SMARTS) is 1. The summed E-state index contributed by atoms with van der Waals surface area (Å²) in [7, 11) is 0. The third-order valence-electron chi connectivity index (χ3n) is 2.13. The van der Waals surface area contributed by atoms with Crippen LogP contribution in [0, 0.1) is 0 Å². The summed E-state index contributed by atoms with van der Waals surface area (Å²) in [4.78, 5) is 11.0. The van der Waals surface area contributed by atoms with Crippen molar-refractivity contribution in [3.8, 4) is 0 Å². The van der Waals surface area contributed by atoms with E-state index in [4.69, 9.17) is 9.84 Å². The van der Waals surface area contributed by atoms with Gasteiger partial charge in [0.25, 0.3) is 0 Å². The van der Waals surface area contributed by atoms with E-state index in [0.717, 1.165) is 6.42 Å². The molecule has 1 atom stereocenters. The average molecular weight is 203 g/mol. The van der Waals surface area contributed by atoms with Crippen LogP contribution in [0.2, 0.25) is 0 Å². The van der Waals surface area contributed by atoms with Crippen molar-refractivity contribution in [2.75, 3.05) is 19.8 Å². The Bertz CT molecular complexity index is 173. The minimum absolute atomic E-state index is 0.490. The SMILES string of the molecule is CCCOCCC(C)(NCC)C(=O)O. The molecule has 0 fully saturated rings. The highest BCUT2D eigenvalue weighted by atomic mass is 16.5. The largest absolute Gasteiger partial charge is 0.480 e. The number of likely N-dealkylation sites (N-methyl/N-ethyl adjacent to an activating group) is 1. The van der Waals surface area contributed by atoms with Crippen LogP contribution < -0.4 is 5.32 Å². The number of hydrogen-bond acceptors (Lipinski definition) is 3. The molecule has 14 heavy (non-hydrogen) atoms. The predicted molar refractivity (Wildman–Crippen MR) is 55.4 cm³/mol. The summed E-state index contributed by atoms with van der Waals surface area (Å²) in [6, 6.07) is 0. The molecule has 0 bridgehead atoms. The fourth-order valence-corrected chi connectivity index (χ4v) is 1.18. The van der Waals surface area contributed by atoms with Crippen LogP contribution in [0.4, 0.5) is 0 Å². The minimum atomic E-state index is -0.859. The van der Waals surface area contributed by atoms with Crippen molar-refractivity contribution in [2.24, 2.45) is 0 Å². The molecule has 0 aliphatic heterocycles. The second kappa shape index (κ2) is 6.79. The van der Waals surface area contributed by atoms with E-state index in [1.165, 1.54) is 0 Å². The quantitative estimate of drug-likeness (QED) is 0.583. The maximum Gasteiger partial charge on any atom is 0.323 e. The molecule has 2 N–H and O–H groups in total. The van der Waals surface area contributed by atoms with Gasteiger partial charge in [-0.3, -0.25) is 4.79 Å². The summed E-state index contributed by atoms with van der Waals surface area (Å²) in [5.74, 6) is -0.820. The lowest BCUT2D eigenvalue weighted by atomic mass is 9.99. The molecule has 0 amide bonds. The molecular weight excluding hydrogens is 182 g/mol. The Morgan fingerprint density at radius 1 is 1.43 bits per heavy atom. The zero-order valence-electron chi connectivity index (χ0n) is 9.30. The Labute approximate surface area is 85.6 Å². The van der Waals surface area contributed by atoms with Crippen LogP contribution in [0.15, 0.2) is 0 Å². The van der Waals surface area contributed by atoms with Gasteiger partial charge in [-0.05, 0) is 26.3 Å². The van der Waals surface area contributed by atoms with Crippen LogP contribution in [0.5, 0.6) is 0 Å². The van der Waals surface area contributed by atoms with Gasteiger partial charge in [0.05, 0.1) is 0 Å². The number of hydrogen-bond donors (Lipinski definition) is 2. The van der Waals surface area contributed by atoms with Gasteiger partial charge in [0.1, 0.15) is 5.54 Å². The lowest BCUT2D eigenvalue weighted by molar-refractivity contribution is -0.145. The van der Waals surface area contributed by atoms with Gasteiger partial charge in [0.2, 0.25) is 0 Å². The number of rotatable bonds is 8. The molecule has 0 rings (SSSR count). The summed E-state index contributed by atoms with van der Waals surface area (Å²) in [5.41, 5.74) is -0.859. The summed E-state index contributed by atoms with van der Waals surface area (Å²) < 4.78 is 5.27. The number of carbonyl (C=O) groups is 1. The Morgan fingerprint density at radius 2 is 2.07 bits per heavy atom. The number of carboxylic acids is 1. The van der Waals surface area contributed by atoms with Gasteiger partial charge in [-0.1, -0.05) is 13.8 Å². The molecule has 0 aliphatic carbocycles. The first-order chi connectivity index (χ1) is 6.56. The zero-order chi connectivity index (χ0) is 11.0. The lowest BCUT2D eigenvalue weighted by Crippen LogP contribution is -2.50. The van der Waals surface area contributed by atoms with E-state index in [1.807, 2.05) is 13.8 Å². The molecule has 4 nitrogen and oxygen atoms in total. The van der Waals surface area contributed by atoms with Crippen molar-refractivity contribution in [3.05, 3.63) is 0 Å². The molecule has 0 radical (unpaired) electrons. The van der Waals surface area contributed by atoms with Crippen molar-refractivity contribution in [3.63, 3.8) is 0 Å². The van der Waals surface area contributed by atoms with Gasteiger partial charge in [-0.15, -0.1) is 0 Å². The summed E-state index contributed by atoms with van der Waals surface area (Å²) in [5, 5.41) is 12.0. The highest BCUT2D eigenvalue weighted by Crippen LogP contribution is 2.09. The van der Waals surface area contributed by atoms with Crippen LogP contribution in [-0.4, -0.2) is 36.4 Å². The molecule has 0 saturated carbocycles. The molecule has 0 heterocycles. The summed E-state index contributed by atoms with van der Waals surface area (Å²) in [6.45, 7) is 7.45. The van der Waals surface area contributed by atoms with Crippen molar-refractivity contribution >= 4 is 5.97 Å². The fraction of sp³-hybridized carbons (Fsp3) is 0.900. The second-order valence-corrected chi connectivity index (χ2v) is 3.53.